The number of rotatable bonds is 3. The van der Waals surface area contributed by atoms with Crippen LogP contribution >= 0.6 is 15.9 Å². The molecule has 1 rings (SSSR count). The highest BCUT2D eigenvalue weighted by molar-refractivity contribution is 9.10. The smallest absolute Gasteiger partial charge is 0.214 e. The average Bonchev–Trinajstić information content (AvgIpc) is 2.14. The molecular weight excluding hydrogens is 301 g/mol. The standard InChI is InChI=1S/C9H11BrFNO3S/c1-5(16(12,14)15)9(13)7-3-2-6(10)4-8(7)11/h2-5,9,13H,1H3,(H2,12,14,15). The van der Waals surface area contributed by atoms with E-state index in [1.807, 2.05) is 0 Å². The highest BCUT2D eigenvalue weighted by Crippen LogP contribution is 2.25. The maximum Gasteiger partial charge on any atom is 0.214 e. The topological polar surface area (TPSA) is 80.4 Å². The van der Waals surface area contributed by atoms with Crippen molar-refractivity contribution >= 4 is 26.0 Å². The lowest BCUT2D eigenvalue weighted by atomic mass is 10.1. The maximum atomic E-state index is 13.4. The first-order valence-electron chi connectivity index (χ1n) is 4.38. The number of aliphatic hydroxyl groups excluding tert-OH is 1. The molecule has 0 saturated heterocycles. The minimum atomic E-state index is -3.91. The van der Waals surface area contributed by atoms with Gasteiger partial charge in [0.1, 0.15) is 11.1 Å². The molecule has 1 aromatic carbocycles. The van der Waals surface area contributed by atoms with Crippen LogP contribution in [0.5, 0.6) is 0 Å². The highest BCUT2D eigenvalue weighted by Gasteiger charge is 2.28. The van der Waals surface area contributed by atoms with E-state index in [1.54, 1.807) is 0 Å². The lowest BCUT2D eigenvalue weighted by Crippen LogP contribution is -2.31. The predicted octanol–water partition coefficient (Wildman–Crippen LogP) is 1.30. The van der Waals surface area contributed by atoms with Crippen molar-refractivity contribution in [2.45, 2.75) is 18.3 Å². The third-order valence-electron chi connectivity index (χ3n) is 2.24. The Morgan fingerprint density at radius 2 is 2.06 bits per heavy atom. The first-order valence-corrected chi connectivity index (χ1v) is 6.78. The summed E-state index contributed by atoms with van der Waals surface area (Å²) >= 11 is 3.06. The lowest BCUT2D eigenvalue weighted by Gasteiger charge is -2.17. The van der Waals surface area contributed by atoms with Gasteiger partial charge in [0.05, 0.1) is 6.10 Å². The first-order chi connectivity index (χ1) is 7.23. The van der Waals surface area contributed by atoms with Crippen molar-refractivity contribution in [3.8, 4) is 0 Å². The minimum absolute atomic E-state index is 0.0928. The molecule has 0 aliphatic carbocycles. The fourth-order valence-corrected chi connectivity index (χ4v) is 2.01. The molecule has 16 heavy (non-hydrogen) atoms. The average molecular weight is 312 g/mol. The van der Waals surface area contributed by atoms with Gasteiger partial charge in [-0.15, -0.1) is 0 Å². The largest absolute Gasteiger partial charge is 0.387 e. The summed E-state index contributed by atoms with van der Waals surface area (Å²) in [6.07, 6.45) is -1.48. The summed E-state index contributed by atoms with van der Waals surface area (Å²) in [5.74, 6) is -0.683. The van der Waals surface area contributed by atoms with Crippen LogP contribution in [-0.2, 0) is 10.0 Å². The summed E-state index contributed by atoms with van der Waals surface area (Å²) in [6.45, 7) is 1.22. The molecule has 0 bridgehead atoms. The zero-order valence-corrected chi connectivity index (χ0v) is 10.8. The fourth-order valence-electron chi connectivity index (χ4n) is 1.17. The van der Waals surface area contributed by atoms with E-state index in [0.717, 1.165) is 6.07 Å². The van der Waals surface area contributed by atoms with Crippen LogP contribution in [0.2, 0.25) is 0 Å². The van der Waals surface area contributed by atoms with Crippen LogP contribution < -0.4 is 5.14 Å². The molecule has 0 saturated carbocycles. The van der Waals surface area contributed by atoms with Crippen LogP contribution in [0.3, 0.4) is 0 Å². The molecule has 4 nitrogen and oxygen atoms in total. The molecule has 0 amide bonds. The summed E-state index contributed by atoms with van der Waals surface area (Å²) in [7, 11) is -3.91. The van der Waals surface area contributed by atoms with E-state index < -0.39 is 27.2 Å². The third kappa shape index (κ3) is 3.00. The van der Waals surface area contributed by atoms with E-state index in [9.17, 15) is 17.9 Å². The van der Waals surface area contributed by atoms with Crippen molar-refractivity contribution in [1.82, 2.24) is 0 Å². The number of halogens is 2. The Labute approximate surface area is 101 Å². The summed E-state index contributed by atoms with van der Waals surface area (Å²) in [5, 5.41) is 13.3. The monoisotopic (exact) mass is 311 g/mol. The van der Waals surface area contributed by atoms with Crippen LogP contribution in [0.15, 0.2) is 22.7 Å². The lowest BCUT2D eigenvalue weighted by molar-refractivity contribution is 0.171. The Balaban J connectivity index is 3.10. The second-order valence-electron chi connectivity index (χ2n) is 3.40. The number of hydrogen-bond acceptors (Lipinski definition) is 3. The zero-order chi connectivity index (χ0) is 12.5. The van der Waals surface area contributed by atoms with Gasteiger partial charge in [-0.05, 0) is 19.1 Å². The van der Waals surface area contributed by atoms with Crippen molar-refractivity contribution in [2.75, 3.05) is 0 Å². The van der Waals surface area contributed by atoms with Crippen molar-refractivity contribution in [3.05, 3.63) is 34.1 Å². The number of hydrogen-bond donors (Lipinski definition) is 2. The molecule has 0 aliphatic rings. The van der Waals surface area contributed by atoms with Gasteiger partial charge < -0.3 is 5.11 Å². The summed E-state index contributed by atoms with van der Waals surface area (Å²) in [5.41, 5.74) is -0.0928. The van der Waals surface area contributed by atoms with E-state index >= 15 is 0 Å². The summed E-state index contributed by atoms with van der Waals surface area (Å²) < 4.78 is 35.9. The Hall–Kier alpha value is -0.500. The van der Waals surface area contributed by atoms with E-state index in [1.165, 1.54) is 19.1 Å². The zero-order valence-electron chi connectivity index (χ0n) is 8.39. The molecule has 0 heterocycles. The fraction of sp³-hybridized carbons (Fsp3) is 0.333. The molecule has 2 unspecified atom stereocenters. The molecule has 7 heteroatoms. The number of benzene rings is 1. The Bertz CT molecular complexity index is 492. The van der Waals surface area contributed by atoms with Gasteiger partial charge in [0.15, 0.2) is 0 Å². The molecule has 0 aromatic heterocycles. The Kier molecular flexibility index (Phi) is 4.06. The van der Waals surface area contributed by atoms with Crippen molar-refractivity contribution in [2.24, 2.45) is 5.14 Å². The molecule has 3 N–H and O–H groups in total. The quantitative estimate of drug-likeness (QED) is 0.883. The summed E-state index contributed by atoms with van der Waals surface area (Å²) in [4.78, 5) is 0. The van der Waals surface area contributed by atoms with Crippen molar-refractivity contribution in [3.63, 3.8) is 0 Å². The van der Waals surface area contributed by atoms with Gasteiger partial charge in [-0.3, -0.25) is 0 Å². The van der Waals surface area contributed by atoms with Gasteiger partial charge in [0, 0.05) is 10.0 Å². The van der Waals surface area contributed by atoms with Gasteiger partial charge in [-0.25, -0.2) is 17.9 Å². The molecule has 0 aliphatic heterocycles. The predicted molar refractivity (Wildman–Crippen MR) is 61.6 cm³/mol. The number of primary sulfonamides is 1. The van der Waals surface area contributed by atoms with Crippen LogP contribution in [0.4, 0.5) is 4.39 Å². The molecule has 0 radical (unpaired) electrons. The van der Waals surface area contributed by atoms with E-state index in [2.05, 4.69) is 15.9 Å². The number of nitrogens with two attached hydrogens (primary N) is 1. The Morgan fingerprint density at radius 1 is 1.50 bits per heavy atom. The summed E-state index contributed by atoms with van der Waals surface area (Å²) in [6, 6.07) is 3.97. The van der Waals surface area contributed by atoms with E-state index in [-0.39, 0.29) is 5.56 Å². The third-order valence-corrected chi connectivity index (χ3v) is 4.03. The van der Waals surface area contributed by atoms with Gasteiger partial charge in [0.25, 0.3) is 0 Å². The molecule has 2 atom stereocenters. The van der Waals surface area contributed by atoms with Crippen LogP contribution in [-0.4, -0.2) is 18.8 Å². The van der Waals surface area contributed by atoms with Crippen molar-refractivity contribution in [1.29, 1.82) is 0 Å². The molecule has 0 spiro atoms. The van der Waals surface area contributed by atoms with Gasteiger partial charge in [-0.1, -0.05) is 22.0 Å². The molecule has 1 aromatic rings. The Morgan fingerprint density at radius 3 is 2.50 bits per heavy atom. The molecular formula is C9H11BrFNO3S. The normalized spacial score (nSPS) is 15.8. The number of aliphatic hydroxyl groups is 1. The van der Waals surface area contributed by atoms with Gasteiger partial charge in [-0.2, -0.15) is 0 Å². The second kappa shape index (κ2) is 4.79. The first kappa shape index (κ1) is 13.6. The number of sulfonamides is 1. The SMILES string of the molecule is CC(C(O)c1ccc(Br)cc1F)S(N)(=O)=O. The molecule has 90 valence electrons. The minimum Gasteiger partial charge on any atom is -0.387 e. The van der Waals surface area contributed by atoms with Crippen LogP contribution in [0.25, 0.3) is 0 Å². The van der Waals surface area contributed by atoms with Crippen LogP contribution in [0.1, 0.15) is 18.6 Å². The van der Waals surface area contributed by atoms with Crippen molar-refractivity contribution < 1.29 is 17.9 Å². The van der Waals surface area contributed by atoms with Gasteiger partial charge in [0.2, 0.25) is 10.0 Å². The van der Waals surface area contributed by atoms with E-state index in [0.29, 0.717) is 4.47 Å². The maximum absolute atomic E-state index is 13.4. The molecule has 0 fully saturated rings. The second-order valence-corrected chi connectivity index (χ2v) is 6.24. The van der Waals surface area contributed by atoms with Crippen LogP contribution in [0, 0.1) is 5.82 Å². The highest BCUT2D eigenvalue weighted by atomic mass is 79.9. The van der Waals surface area contributed by atoms with Gasteiger partial charge >= 0.3 is 0 Å². The van der Waals surface area contributed by atoms with E-state index in [4.69, 9.17) is 5.14 Å².